The van der Waals surface area contributed by atoms with Crippen molar-refractivity contribution in [2.24, 2.45) is 0 Å². The van der Waals surface area contributed by atoms with Gasteiger partial charge in [0.15, 0.2) is 0 Å². The second-order valence-corrected chi connectivity index (χ2v) is 4.66. The molecule has 1 heteroatoms. The van der Waals surface area contributed by atoms with Gasteiger partial charge in [0.05, 0.1) is 0 Å². The van der Waals surface area contributed by atoms with Crippen molar-refractivity contribution in [3.8, 4) is 0 Å². The van der Waals surface area contributed by atoms with E-state index in [1.165, 1.54) is 57.9 Å². The molecule has 0 heterocycles. The van der Waals surface area contributed by atoms with Gasteiger partial charge in [0.25, 0.3) is 0 Å². The van der Waals surface area contributed by atoms with Gasteiger partial charge in [-0.2, -0.15) is 0 Å². The minimum atomic E-state index is 0.643. The molecular formula is C14H29N. The number of unbranched alkanes of at least 4 members (excludes halogenated alkanes) is 7. The number of nitrogens with one attached hydrogen (secondary N) is 1. The summed E-state index contributed by atoms with van der Waals surface area (Å²) in [4.78, 5) is 0. The molecule has 0 bridgehead atoms. The molecule has 0 aliphatic heterocycles. The summed E-state index contributed by atoms with van der Waals surface area (Å²) in [5, 5.41) is 3.45. The van der Waals surface area contributed by atoms with Crippen LogP contribution in [0.1, 0.15) is 65.2 Å². The molecular weight excluding hydrogens is 182 g/mol. The van der Waals surface area contributed by atoms with Crippen molar-refractivity contribution in [1.82, 2.24) is 5.32 Å². The summed E-state index contributed by atoms with van der Waals surface area (Å²) in [6.45, 7) is 9.34. The van der Waals surface area contributed by atoms with E-state index >= 15 is 0 Å². The maximum Gasteiger partial charge on any atom is 0.00103 e. The zero-order valence-corrected chi connectivity index (χ0v) is 10.7. The van der Waals surface area contributed by atoms with Gasteiger partial charge in [0, 0.05) is 6.04 Å². The highest BCUT2D eigenvalue weighted by atomic mass is 14.9. The lowest BCUT2D eigenvalue weighted by molar-refractivity contribution is 0.530. The molecule has 90 valence electrons. The predicted molar refractivity (Wildman–Crippen MR) is 70.3 cm³/mol. The number of allylic oxidation sites excluding steroid dienone is 1. The molecule has 0 spiro atoms. The molecule has 0 aliphatic rings. The van der Waals surface area contributed by atoms with Crippen molar-refractivity contribution in [3.05, 3.63) is 12.7 Å². The number of hydrogen-bond acceptors (Lipinski definition) is 1. The molecule has 0 aromatic carbocycles. The van der Waals surface area contributed by atoms with Crippen LogP contribution in [0.15, 0.2) is 12.7 Å². The first kappa shape index (κ1) is 14.7. The second kappa shape index (κ2) is 11.8. The Balaban J connectivity index is 2.89. The fourth-order valence-electron chi connectivity index (χ4n) is 1.69. The normalized spacial score (nSPS) is 10.9. The Bertz CT molecular complexity index is 129. The first-order chi connectivity index (χ1) is 7.27. The Kier molecular flexibility index (Phi) is 11.5. The lowest BCUT2D eigenvalue weighted by Gasteiger charge is -2.07. The third-order valence-electron chi connectivity index (χ3n) is 2.64. The summed E-state index contributed by atoms with van der Waals surface area (Å²) in [6, 6.07) is 0.643. The zero-order valence-electron chi connectivity index (χ0n) is 10.7. The van der Waals surface area contributed by atoms with Crippen LogP contribution in [0.4, 0.5) is 0 Å². The SMILES string of the molecule is C=CCCCCCCCCCNC(C)C. The zero-order chi connectivity index (χ0) is 11.4. The van der Waals surface area contributed by atoms with Crippen LogP contribution >= 0.6 is 0 Å². The van der Waals surface area contributed by atoms with E-state index < -0.39 is 0 Å². The molecule has 0 fully saturated rings. The fraction of sp³-hybridized carbons (Fsp3) is 0.857. The van der Waals surface area contributed by atoms with E-state index in [2.05, 4.69) is 25.7 Å². The van der Waals surface area contributed by atoms with E-state index in [0.717, 1.165) is 0 Å². The molecule has 0 saturated heterocycles. The van der Waals surface area contributed by atoms with E-state index in [1.54, 1.807) is 0 Å². The molecule has 1 N–H and O–H groups in total. The highest BCUT2D eigenvalue weighted by Gasteiger charge is 1.93. The summed E-state index contributed by atoms with van der Waals surface area (Å²) in [6.07, 6.45) is 12.9. The third-order valence-corrected chi connectivity index (χ3v) is 2.64. The van der Waals surface area contributed by atoms with Crippen LogP contribution in [0, 0.1) is 0 Å². The largest absolute Gasteiger partial charge is 0.315 e. The van der Waals surface area contributed by atoms with E-state index in [1.807, 2.05) is 6.08 Å². The molecule has 0 radical (unpaired) electrons. The van der Waals surface area contributed by atoms with E-state index in [4.69, 9.17) is 0 Å². The molecule has 0 aromatic heterocycles. The summed E-state index contributed by atoms with van der Waals surface area (Å²) < 4.78 is 0. The summed E-state index contributed by atoms with van der Waals surface area (Å²) in [5.74, 6) is 0. The Morgan fingerprint density at radius 1 is 0.933 bits per heavy atom. The Labute approximate surface area is 96.3 Å². The van der Waals surface area contributed by atoms with Gasteiger partial charge in [-0.25, -0.2) is 0 Å². The maximum atomic E-state index is 3.74. The van der Waals surface area contributed by atoms with Crippen LogP contribution in [0.5, 0.6) is 0 Å². The van der Waals surface area contributed by atoms with E-state index in [-0.39, 0.29) is 0 Å². The van der Waals surface area contributed by atoms with Crippen molar-refractivity contribution in [2.45, 2.75) is 71.3 Å². The second-order valence-electron chi connectivity index (χ2n) is 4.66. The minimum absolute atomic E-state index is 0.643. The van der Waals surface area contributed by atoms with Crippen molar-refractivity contribution in [1.29, 1.82) is 0 Å². The van der Waals surface area contributed by atoms with Gasteiger partial charge in [0.1, 0.15) is 0 Å². The van der Waals surface area contributed by atoms with Gasteiger partial charge in [-0.05, 0) is 25.8 Å². The fourth-order valence-corrected chi connectivity index (χ4v) is 1.69. The topological polar surface area (TPSA) is 12.0 Å². The van der Waals surface area contributed by atoms with Crippen LogP contribution in [0.3, 0.4) is 0 Å². The monoisotopic (exact) mass is 211 g/mol. The van der Waals surface area contributed by atoms with Gasteiger partial charge in [-0.15, -0.1) is 6.58 Å². The average molecular weight is 211 g/mol. The van der Waals surface area contributed by atoms with Gasteiger partial charge in [0.2, 0.25) is 0 Å². The van der Waals surface area contributed by atoms with Gasteiger partial charge < -0.3 is 5.32 Å². The molecule has 0 aliphatic carbocycles. The van der Waals surface area contributed by atoms with Crippen LogP contribution in [0.25, 0.3) is 0 Å². The van der Waals surface area contributed by atoms with Crippen molar-refractivity contribution in [2.75, 3.05) is 6.54 Å². The van der Waals surface area contributed by atoms with Crippen molar-refractivity contribution >= 4 is 0 Å². The predicted octanol–water partition coefficient (Wildman–Crippen LogP) is 4.29. The summed E-state index contributed by atoms with van der Waals surface area (Å²) >= 11 is 0. The lowest BCUT2D eigenvalue weighted by Crippen LogP contribution is -2.23. The lowest BCUT2D eigenvalue weighted by atomic mass is 10.1. The minimum Gasteiger partial charge on any atom is -0.315 e. The first-order valence-electron chi connectivity index (χ1n) is 6.61. The number of rotatable bonds is 11. The van der Waals surface area contributed by atoms with E-state index in [9.17, 15) is 0 Å². The van der Waals surface area contributed by atoms with Gasteiger partial charge >= 0.3 is 0 Å². The highest BCUT2D eigenvalue weighted by molar-refractivity contribution is 4.65. The van der Waals surface area contributed by atoms with Crippen LogP contribution in [-0.4, -0.2) is 12.6 Å². The maximum absolute atomic E-state index is 3.74. The molecule has 0 unspecified atom stereocenters. The van der Waals surface area contributed by atoms with Crippen LogP contribution < -0.4 is 5.32 Å². The van der Waals surface area contributed by atoms with Crippen LogP contribution in [-0.2, 0) is 0 Å². The third kappa shape index (κ3) is 13.7. The highest BCUT2D eigenvalue weighted by Crippen LogP contribution is 2.08. The standard InChI is InChI=1S/C14H29N/c1-4-5-6-7-8-9-10-11-12-13-15-14(2)3/h4,14-15H,1,5-13H2,2-3H3. The quantitative estimate of drug-likeness (QED) is 0.397. The summed E-state index contributed by atoms with van der Waals surface area (Å²) in [7, 11) is 0. The molecule has 15 heavy (non-hydrogen) atoms. The smallest absolute Gasteiger partial charge is 0.00103 e. The average Bonchev–Trinajstić information content (AvgIpc) is 2.20. The summed E-state index contributed by atoms with van der Waals surface area (Å²) in [5.41, 5.74) is 0. The molecule has 0 amide bonds. The molecule has 0 saturated carbocycles. The Morgan fingerprint density at radius 2 is 1.47 bits per heavy atom. The van der Waals surface area contributed by atoms with Gasteiger partial charge in [-0.3, -0.25) is 0 Å². The van der Waals surface area contributed by atoms with Crippen molar-refractivity contribution in [3.63, 3.8) is 0 Å². The molecule has 0 atom stereocenters. The van der Waals surface area contributed by atoms with Gasteiger partial charge in [-0.1, -0.05) is 52.0 Å². The van der Waals surface area contributed by atoms with Crippen LogP contribution in [0.2, 0.25) is 0 Å². The van der Waals surface area contributed by atoms with Crippen molar-refractivity contribution < 1.29 is 0 Å². The molecule has 0 rings (SSSR count). The Morgan fingerprint density at radius 3 is 2.00 bits per heavy atom. The number of hydrogen-bond donors (Lipinski definition) is 1. The molecule has 0 aromatic rings. The van der Waals surface area contributed by atoms with E-state index in [0.29, 0.717) is 6.04 Å². The first-order valence-corrected chi connectivity index (χ1v) is 6.61. The Hall–Kier alpha value is -0.300. The molecule has 1 nitrogen and oxygen atoms in total.